The van der Waals surface area contributed by atoms with Crippen molar-refractivity contribution in [2.24, 2.45) is 5.73 Å². The van der Waals surface area contributed by atoms with E-state index in [1.54, 1.807) is 24.3 Å². The number of fused-ring (bicyclic) bond motifs is 1. The molecule has 38 heavy (non-hydrogen) atoms. The lowest BCUT2D eigenvalue weighted by Gasteiger charge is -2.38. The van der Waals surface area contributed by atoms with Crippen LogP contribution in [0.1, 0.15) is 16.4 Å². The molecule has 4 N–H and O–H groups in total. The maximum absolute atomic E-state index is 15.1. The smallest absolute Gasteiger partial charge is 0.248 e. The van der Waals surface area contributed by atoms with Gasteiger partial charge in [0.2, 0.25) is 17.7 Å². The first-order valence-corrected chi connectivity index (χ1v) is 12.1. The van der Waals surface area contributed by atoms with E-state index in [-0.39, 0.29) is 11.1 Å². The molecule has 1 aliphatic rings. The number of aliphatic hydroxyl groups excluding tert-OH is 1. The average Bonchev–Trinajstić information content (AvgIpc) is 2.98. The number of nitrogens with two attached hydrogens (primary N) is 1. The Bertz CT molecular complexity index is 1390. The number of hydrogen-bond donors (Lipinski definition) is 3. The predicted octanol–water partition coefficient (Wildman–Crippen LogP) is 3.31. The zero-order valence-corrected chi connectivity index (χ0v) is 20.4. The number of para-hydroxylation sites is 1. The predicted molar refractivity (Wildman–Crippen MR) is 131 cm³/mol. The summed E-state index contributed by atoms with van der Waals surface area (Å²) in [5, 5.41) is 11.3. The van der Waals surface area contributed by atoms with Gasteiger partial charge >= 0.3 is 0 Å². The van der Waals surface area contributed by atoms with E-state index >= 15 is 4.39 Å². The number of hydrogen-bond acceptors (Lipinski definition) is 5. The van der Waals surface area contributed by atoms with Crippen molar-refractivity contribution >= 4 is 35.2 Å². The van der Waals surface area contributed by atoms with Crippen LogP contribution in [0.3, 0.4) is 0 Å². The molecule has 4 rings (SSSR count). The summed E-state index contributed by atoms with van der Waals surface area (Å²) in [5.41, 5.74) is 5.35. The van der Waals surface area contributed by atoms with Crippen molar-refractivity contribution in [1.82, 2.24) is 4.90 Å². The fourth-order valence-corrected chi connectivity index (χ4v) is 5.64. The van der Waals surface area contributed by atoms with E-state index in [4.69, 9.17) is 5.73 Å². The fourth-order valence-electron chi connectivity index (χ4n) is 4.27. The molecule has 1 heterocycles. The molecule has 0 bridgehead atoms. The topological polar surface area (TPSA) is 113 Å². The molecule has 3 atom stereocenters. The van der Waals surface area contributed by atoms with E-state index in [0.717, 1.165) is 42.1 Å². The van der Waals surface area contributed by atoms with Gasteiger partial charge in [0.25, 0.3) is 0 Å². The monoisotopic (exact) mass is 547 g/mol. The molecule has 1 aliphatic heterocycles. The second-order valence-electron chi connectivity index (χ2n) is 8.49. The minimum absolute atomic E-state index is 0.128. The minimum atomic E-state index is -1.78. The Labute approximate surface area is 218 Å². The van der Waals surface area contributed by atoms with Crippen LogP contribution in [-0.4, -0.2) is 46.4 Å². The Balaban J connectivity index is 1.88. The number of aliphatic hydroxyl groups is 1. The van der Waals surface area contributed by atoms with Crippen LogP contribution in [0, 0.1) is 23.3 Å². The molecular weight excluding hydrogens is 526 g/mol. The van der Waals surface area contributed by atoms with E-state index in [1.165, 1.54) is 0 Å². The second kappa shape index (κ2) is 11.2. The van der Waals surface area contributed by atoms with Crippen molar-refractivity contribution < 1.29 is 37.1 Å². The molecule has 0 unspecified atom stereocenters. The third-order valence-corrected chi connectivity index (χ3v) is 7.30. The summed E-state index contributed by atoms with van der Waals surface area (Å²) in [6.45, 7) is -1.02. The highest BCUT2D eigenvalue weighted by atomic mass is 32.2. The second-order valence-corrected chi connectivity index (χ2v) is 9.67. The van der Waals surface area contributed by atoms with E-state index < -0.39 is 71.4 Å². The molecule has 3 amide bonds. The van der Waals surface area contributed by atoms with Gasteiger partial charge in [0.05, 0.1) is 24.0 Å². The zero-order chi connectivity index (χ0) is 27.6. The summed E-state index contributed by atoms with van der Waals surface area (Å²) in [7, 11) is 0. The quantitative estimate of drug-likeness (QED) is 0.393. The largest absolute Gasteiger partial charge is 0.394 e. The number of nitrogens with zero attached hydrogens (tertiary/aromatic N) is 1. The number of thioether (sulfide) groups is 1. The Hall–Kier alpha value is -3.90. The summed E-state index contributed by atoms with van der Waals surface area (Å²) >= 11 is 0.925. The van der Waals surface area contributed by atoms with Gasteiger partial charge in [-0.25, -0.2) is 17.6 Å². The molecule has 0 spiro atoms. The van der Waals surface area contributed by atoms with Crippen molar-refractivity contribution in [3.8, 4) is 0 Å². The molecule has 0 fully saturated rings. The van der Waals surface area contributed by atoms with Crippen LogP contribution in [0.2, 0.25) is 0 Å². The number of nitrogens with one attached hydrogen (secondary N) is 1. The fraction of sp³-hybridized carbons (Fsp3) is 0.192. The highest BCUT2D eigenvalue weighted by molar-refractivity contribution is 7.99. The minimum Gasteiger partial charge on any atom is -0.394 e. The van der Waals surface area contributed by atoms with Crippen molar-refractivity contribution in [3.63, 3.8) is 0 Å². The van der Waals surface area contributed by atoms with Crippen LogP contribution in [0.25, 0.3) is 0 Å². The van der Waals surface area contributed by atoms with Crippen LogP contribution < -0.4 is 11.1 Å². The summed E-state index contributed by atoms with van der Waals surface area (Å²) < 4.78 is 56.9. The molecule has 7 nitrogen and oxygen atoms in total. The molecule has 0 aliphatic carbocycles. The van der Waals surface area contributed by atoms with Crippen LogP contribution in [0.4, 0.5) is 23.2 Å². The molecule has 3 aromatic rings. The van der Waals surface area contributed by atoms with Crippen molar-refractivity contribution in [2.75, 3.05) is 11.9 Å². The van der Waals surface area contributed by atoms with E-state index in [2.05, 4.69) is 5.32 Å². The summed E-state index contributed by atoms with van der Waals surface area (Å²) in [5.74, 6) is -6.72. The molecule has 198 valence electrons. The number of halogens is 4. The van der Waals surface area contributed by atoms with Gasteiger partial charge in [-0.1, -0.05) is 12.1 Å². The van der Waals surface area contributed by atoms with Crippen LogP contribution in [0.15, 0.2) is 65.6 Å². The normalized spacial score (nSPS) is 17.7. The van der Waals surface area contributed by atoms with Crippen LogP contribution in [0.5, 0.6) is 0 Å². The summed E-state index contributed by atoms with van der Waals surface area (Å²) in [6, 6.07) is 7.94. The first kappa shape index (κ1) is 27.1. The number of amides is 3. The number of benzene rings is 3. The first-order chi connectivity index (χ1) is 18.1. The van der Waals surface area contributed by atoms with Gasteiger partial charge in [-0.3, -0.25) is 14.4 Å². The average molecular weight is 548 g/mol. The molecule has 0 saturated heterocycles. The Morgan fingerprint density at radius 3 is 2.34 bits per heavy atom. The maximum Gasteiger partial charge on any atom is 0.248 e. The van der Waals surface area contributed by atoms with Gasteiger partial charge in [0.15, 0.2) is 0 Å². The highest BCUT2D eigenvalue weighted by Gasteiger charge is 2.45. The number of carbonyl (C=O) groups excluding carboxylic acids is 3. The van der Waals surface area contributed by atoms with Gasteiger partial charge in [-0.2, -0.15) is 0 Å². The first-order valence-electron chi connectivity index (χ1n) is 11.3. The van der Waals surface area contributed by atoms with Crippen LogP contribution >= 0.6 is 11.8 Å². The number of anilines is 1. The SMILES string of the molecule is NC(=O)[C@@H](CO)N(C(=O)Cc1cc(F)cc(F)c1)[C@@H]1C(=O)Nc2ccccc2S[C@@H]1c1cc(F)ccc1F. The zero-order valence-electron chi connectivity index (χ0n) is 19.5. The Morgan fingerprint density at radius 1 is 1.00 bits per heavy atom. The number of carbonyl (C=O) groups is 3. The molecular formula is C26H21F4N3O4S. The third kappa shape index (κ3) is 5.65. The van der Waals surface area contributed by atoms with Gasteiger partial charge in [-0.15, -0.1) is 11.8 Å². The molecule has 0 saturated carbocycles. The van der Waals surface area contributed by atoms with Crippen LogP contribution in [-0.2, 0) is 20.8 Å². The van der Waals surface area contributed by atoms with Crippen molar-refractivity contribution in [1.29, 1.82) is 0 Å². The standard InChI is InChI=1S/C26H21F4N3O4S/c27-14-5-6-18(30)17(11-14)24-23(26(37)32-19-3-1-2-4-21(19)38-24)33(20(12-34)25(31)36)22(35)9-13-7-15(28)10-16(29)8-13/h1-8,10-11,20,23-24,34H,9,12H2,(H2,31,36)(H,32,37)/t20-,23+,24-/m1/s1. The van der Waals surface area contributed by atoms with Gasteiger partial charge < -0.3 is 21.1 Å². The highest BCUT2D eigenvalue weighted by Crippen LogP contribution is 2.46. The van der Waals surface area contributed by atoms with E-state index in [1.807, 2.05) is 0 Å². The van der Waals surface area contributed by atoms with Gasteiger partial charge in [-0.05, 0) is 48.0 Å². The third-order valence-electron chi connectivity index (χ3n) is 5.92. The number of rotatable bonds is 7. The Kier molecular flexibility index (Phi) is 8.02. The molecule has 0 radical (unpaired) electrons. The lowest BCUT2D eigenvalue weighted by molar-refractivity contribution is -0.146. The maximum atomic E-state index is 15.1. The number of primary amides is 1. The Morgan fingerprint density at radius 2 is 1.68 bits per heavy atom. The van der Waals surface area contributed by atoms with Crippen molar-refractivity contribution in [2.45, 2.75) is 28.6 Å². The molecule has 0 aromatic heterocycles. The van der Waals surface area contributed by atoms with E-state index in [9.17, 15) is 32.7 Å². The van der Waals surface area contributed by atoms with Gasteiger partial charge in [0, 0.05) is 16.5 Å². The lowest BCUT2D eigenvalue weighted by Crippen LogP contribution is -2.59. The van der Waals surface area contributed by atoms with E-state index in [0.29, 0.717) is 21.5 Å². The molecule has 12 heteroatoms. The summed E-state index contributed by atoms with van der Waals surface area (Å²) in [4.78, 5) is 40.7. The summed E-state index contributed by atoms with van der Waals surface area (Å²) in [6.07, 6.45) is -0.696. The van der Waals surface area contributed by atoms with Gasteiger partial charge in [0.1, 0.15) is 35.4 Å². The van der Waals surface area contributed by atoms with Crippen molar-refractivity contribution in [3.05, 3.63) is 95.1 Å². The molecule has 3 aromatic carbocycles. The lowest BCUT2D eigenvalue weighted by atomic mass is 9.98.